The van der Waals surface area contributed by atoms with Gasteiger partial charge in [-0.2, -0.15) is 0 Å². The van der Waals surface area contributed by atoms with Gasteiger partial charge in [-0.1, -0.05) is 20.3 Å². The average Bonchev–Trinajstić information content (AvgIpc) is 2.32. The van der Waals surface area contributed by atoms with Gasteiger partial charge in [-0.25, -0.2) is 0 Å². The van der Waals surface area contributed by atoms with Crippen LogP contribution in [0.1, 0.15) is 53.4 Å². The summed E-state index contributed by atoms with van der Waals surface area (Å²) >= 11 is 0. The highest BCUT2D eigenvalue weighted by Gasteiger charge is 1.95. The van der Waals surface area contributed by atoms with Crippen LogP contribution in [0.2, 0.25) is 0 Å². The third kappa shape index (κ3) is 36.3. The van der Waals surface area contributed by atoms with Crippen molar-refractivity contribution in [3.63, 3.8) is 0 Å². The highest BCUT2D eigenvalue weighted by atomic mass is 16.5. The molecule has 5 nitrogen and oxygen atoms in total. The minimum atomic E-state index is -0.245. The number of carbonyl (C=O) groups is 2. The van der Waals surface area contributed by atoms with E-state index in [9.17, 15) is 9.59 Å². The first-order chi connectivity index (χ1) is 8.49. The van der Waals surface area contributed by atoms with Crippen molar-refractivity contribution in [2.24, 2.45) is 0 Å². The van der Waals surface area contributed by atoms with Crippen molar-refractivity contribution < 1.29 is 24.2 Å². The quantitative estimate of drug-likeness (QED) is 0.771. The molecule has 0 saturated carbocycles. The van der Waals surface area contributed by atoms with Gasteiger partial charge in [-0.15, -0.1) is 0 Å². The van der Waals surface area contributed by atoms with Crippen LogP contribution in [0.15, 0.2) is 0 Å². The van der Waals surface area contributed by atoms with E-state index in [0.717, 1.165) is 19.3 Å². The summed E-state index contributed by atoms with van der Waals surface area (Å²) in [6.45, 7) is 8.02. The number of ether oxygens (including phenoxy) is 2. The van der Waals surface area contributed by atoms with Crippen molar-refractivity contribution >= 4 is 11.9 Å². The zero-order valence-electron chi connectivity index (χ0n) is 12.3. The standard InChI is InChI=1S/C6H12O2.C4H10O.C3H6O2/c1-3-5-6(7)8-4-2;1-2-3-4-5;1-3(4)5-2/h3-5H2,1-2H3;5H,2-4H2,1H3;1-2H3. The van der Waals surface area contributed by atoms with E-state index in [-0.39, 0.29) is 11.9 Å². The molecule has 0 unspecified atom stereocenters. The smallest absolute Gasteiger partial charge is 0.305 e. The Kier molecular flexibility index (Phi) is 26.1. The Hall–Kier alpha value is -1.10. The average molecular weight is 264 g/mol. The van der Waals surface area contributed by atoms with Crippen LogP contribution in [0.4, 0.5) is 0 Å². The van der Waals surface area contributed by atoms with Crippen molar-refractivity contribution in [3.05, 3.63) is 0 Å². The van der Waals surface area contributed by atoms with Crippen LogP contribution in [0, 0.1) is 0 Å². The summed E-state index contributed by atoms with van der Waals surface area (Å²) in [6, 6.07) is 0. The van der Waals surface area contributed by atoms with Crippen molar-refractivity contribution in [3.8, 4) is 0 Å². The molecular weight excluding hydrogens is 236 g/mol. The van der Waals surface area contributed by atoms with Gasteiger partial charge in [0.15, 0.2) is 0 Å². The maximum atomic E-state index is 10.4. The number of hydrogen-bond acceptors (Lipinski definition) is 5. The number of methoxy groups -OCH3 is 1. The molecule has 1 N–H and O–H groups in total. The first-order valence-electron chi connectivity index (χ1n) is 6.30. The topological polar surface area (TPSA) is 72.8 Å². The second kappa shape index (κ2) is 21.2. The van der Waals surface area contributed by atoms with Gasteiger partial charge in [-0.3, -0.25) is 9.59 Å². The second-order valence-corrected chi connectivity index (χ2v) is 3.33. The molecule has 5 heteroatoms. The van der Waals surface area contributed by atoms with Gasteiger partial charge < -0.3 is 14.6 Å². The first kappa shape index (κ1) is 22.1. The fourth-order valence-corrected chi connectivity index (χ4v) is 0.595. The normalized spacial score (nSPS) is 8.11. The lowest BCUT2D eigenvalue weighted by Crippen LogP contribution is -2.01. The molecule has 0 aromatic carbocycles. The van der Waals surface area contributed by atoms with Crippen LogP contribution in [0.3, 0.4) is 0 Å². The third-order valence-corrected chi connectivity index (χ3v) is 1.56. The van der Waals surface area contributed by atoms with Gasteiger partial charge in [0.1, 0.15) is 0 Å². The van der Waals surface area contributed by atoms with E-state index in [2.05, 4.69) is 16.4 Å². The minimum Gasteiger partial charge on any atom is -0.469 e. The van der Waals surface area contributed by atoms with E-state index in [1.165, 1.54) is 14.0 Å². The van der Waals surface area contributed by atoms with Crippen molar-refractivity contribution in [1.82, 2.24) is 0 Å². The molecule has 0 aliphatic rings. The lowest BCUT2D eigenvalue weighted by molar-refractivity contribution is -0.143. The molecule has 0 bridgehead atoms. The van der Waals surface area contributed by atoms with E-state index in [1.54, 1.807) is 0 Å². The molecule has 0 heterocycles. The number of hydrogen-bond donors (Lipinski definition) is 1. The van der Waals surface area contributed by atoms with Gasteiger partial charge in [0.25, 0.3) is 0 Å². The van der Waals surface area contributed by atoms with E-state index in [1.807, 2.05) is 13.8 Å². The third-order valence-electron chi connectivity index (χ3n) is 1.56. The van der Waals surface area contributed by atoms with Crippen molar-refractivity contribution in [1.29, 1.82) is 0 Å². The first-order valence-corrected chi connectivity index (χ1v) is 6.30. The molecule has 0 radical (unpaired) electrons. The molecule has 18 heavy (non-hydrogen) atoms. The highest BCUT2D eigenvalue weighted by molar-refractivity contribution is 5.69. The maximum Gasteiger partial charge on any atom is 0.305 e. The Balaban J connectivity index is -0.000000197. The van der Waals surface area contributed by atoms with Crippen LogP contribution in [-0.4, -0.2) is 37.4 Å². The molecule has 110 valence electrons. The largest absolute Gasteiger partial charge is 0.469 e. The summed E-state index contributed by atoms with van der Waals surface area (Å²) in [5, 5.41) is 8.07. The number of rotatable bonds is 5. The van der Waals surface area contributed by atoms with Gasteiger partial charge in [0, 0.05) is 20.0 Å². The Morgan fingerprint density at radius 1 is 1.11 bits per heavy atom. The van der Waals surface area contributed by atoms with E-state index in [0.29, 0.717) is 19.6 Å². The second-order valence-electron chi connectivity index (χ2n) is 3.33. The molecule has 0 rings (SSSR count). The lowest BCUT2D eigenvalue weighted by Gasteiger charge is -1.96. The van der Waals surface area contributed by atoms with E-state index >= 15 is 0 Å². The van der Waals surface area contributed by atoms with Crippen LogP contribution in [-0.2, 0) is 19.1 Å². The maximum absolute atomic E-state index is 10.4. The fourth-order valence-electron chi connectivity index (χ4n) is 0.595. The summed E-state index contributed by atoms with van der Waals surface area (Å²) in [7, 11) is 1.35. The van der Waals surface area contributed by atoms with Gasteiger partial charge >= 0.3 is 11.9 Å². The Morgan fingerprint density at radius 3 is 1.78 bits per heavy atom. The fraction of sp³-hybridized carbons (Fsp3) is 0.846. The molecule has 0 fully saturated rings. The van der Waals surface area contributed by atoms with Crippen LogP contribution in [0.25, 0.3) is 0 Å². The summed E-state index contributed by atoms with van der Waals surface area (Å²) in [5.41, 5.74) is 0. The summed E-state index contributed by atoms with van der Waals surface area (Å²) in [5.74, 6) is -0.333. The van der Waals surface area contributed by atoms with Crippen LogP contribution < -0.4 is 0 Å². The van der Waals surface area contributed by atoms with Crippen LogP contribution >= 0.6 is 0 Å². The predicted molar refractivity (Wildman–Crippen MR) is 71.2 cm³/mol. The van der Waals surface area contributed by atoms with Gasteiger partial charge in [0.2, 0.25) is 0 Å². The highest BCUT2D eigenvalue weighted by Crippen LogP contribution is 1.89. The molecule has 0 spiro atoms. The van der Waals surface area contributed by atoms with Crippen molar-refractivity contribution in [2.75, 3.05) is 20.3 Å². The SMILES string of the molecule is CCCC(=O)OCC.CCCCO.COC(C)=O. The number of esters is 2. The molecule has 0 aromatic rings. The molecular formula is C13H28O5. The molecule has 0 amide bonds. The lowest BCUT2D eigenvalue weighted by atomic mass is 10.3. The Bertz CT molecular complexity index is 170. The summed E-state index contributed by atoms with van der Waals surface area (Å²) in [4.78, 5) is 20.0. The van der Waals surface area contributed by atoms with E-state index < -0.39 is 0 Å². The number of aliphatic hydroxyl groups excluding tert-OH is 1. The molecule has 0 aliphatic carbocycles. The van der Waals surface area contributed by atoms with E-state index in [4.69, 9.17) is 5.11 Å². The predicted octanol–water partition coefficient (Wildman–Crippen LogP) is 2.31. The molecule has 0 saturated heterocycles. The molecule has 0 aliphatic heterocycles. The van der Waals surface area contributed by atoms with Crippen molar-refractivity contribution in [2.45, 2.75) is 53.4 Å². The summed E-state index contributed by atoms with van der Waals surface area (Å²) < 4.78 is 8.75. The van der Waals surface area contributed by atoms with Gasteiger partial charge in [0.05, 0.1) is 13.7 Å². The van der Waals surface area contributed by atoms with Crippen LogP contribution in [0.5, 0.6) is 0 Å². The number of carbonyl (C=O) groups excluding carboxylic acids is 2. The zero-order valence-corrected chi connectivity index (χ0v) is 12.3. The Labute approximate surface area is 110 Å². The molecule has 0 atom stereocenters. The zero-order chi connectivity index (χ0) is 14.8. The summed E-state index contributed by atoms with van der Waals surface area (Å²) in [6.07, 6.45) is 3.46. The molecule has 0 aromatic heterocycles. The Morgan fingerprint density at radius 2 is 1.61 bits per heavy atom. The number of aliphatic hydroxyl groups is 1. The minimum absolute atomic E-state index is 0.0880. The van der Waals surface area contributed by atoms with Gasteiger partial charge in [-0.05, 0) is 19.8 Å². The number of unbranched alkanes of at least 4 members (excludes halogenated alkanes) is 1. The monoisotopic (exact) mass is 264 g/mol.